The first kappa shape index (κ1) is 37.5. The number of rotatable bonds is 6. The van der Waals surface area contributed by atoms with Crippen LogP contribution in [0, 0.1) is 5.92 Å². The van der Waals surface area contributed by atoms with Gasteiger partial charge in [-0.3, -0.25) is 0 Å². The van der Waals surface area contributed by atoms with Crippen LogP contribution in [0.3, 0.4) is 0 Å². The first-order valence-electron chi connectivity index (χ1n) is 23.1. The van der Waals surface area contributed by atoms with Gasteiger partial charge in [-0.25, -0.2) is 0 Å². The van der Waals surface area contributed by atoms with E-state index in [4.69, 9.17) is 0 Å². The predicted molar refractivity (Wildman–Crippen MR) is 279 cm³/mol. The Kier molecular flexibility index (Phi) is 8.11. The van der Waals surface area contributed by atoms with Crippen molar-refractivity contribution in [1.29, 1.82) is 0 Å². The number of fused-ring (bicyclic) bond motifs is 15. The molecule has 9 aromatic carbocycles. The largest absolute Gasteiger partial charge is 0.309 e. The van der Waals surface area contributed by atoms with Crippen molar-refractivity contribution in [3.8, 4) is 16.8 Å². The molecule has 0 fully saturated rings. The van der Waals surface area contributed by atoms with E-state index in [9.17, 15) is 0 Å². The lowest BCUT2D eigenvalue weighted by molar-refractivity contribution is 0.726. The first-order valence-corrected chi connectivity index (χ1v) is 23.9. The topological polar surface area (TPSA) is 11.4 Å². The fraction of sp³-hybridized carbons (Fsp3) is 0.0645. The van der Waals surface area contributed by atoms with Gasteiger partial charge in [0.15, 0.2) is 0 Å². The van der Waals surface area contributed by atoms with Crippen LogP contribution in [-0.4, -0.2) is 4.57 Å². The second kappa shape index (κ2) is 14.3. The monoisotopic (exact) mass is 861 g/mol. The predicted octanol–water partition coefficient (Wildman–Crippen LogP) is 16.9. The van der Waals surface area contributed by atoms with Gasteiger partial charge >= 0.3 is 0 Å². The highest BCUT2D eigenvalue weighted by molar-refractivity contribution is 7.26. The molecule has 0 N–H and O–H groups in total. The van der Waals surface area contributed by atoms with E-state index in [1.807, 2.05) is 11.3 Å². The number of hydrogen-bond acceptors (Lipinski definition) is 3. The third-order valence-corrected chi connectivity index (χ3v) is 15.6. The number of benzene rings is 9. The lowest BCUT2D eigenvalue weighted by Crippen LogP contribution is -2.33. The fourth-order valence-electron chi connectivity index (χ4n) is 11.8. The summed E-state index contributed by atoms with van der Waals surface area (Å²) in [5.74, 6) is 0.406. The summed E-state index contributed by atoms with van der Waals surface area (Å²) >= 11 is 1.87. The molecule has 0 saturated heterocycles. The van der Waals surface area contributed by atoms with E-state index in [-0.39, 0.29) is 0 Å². The van der Waals surface area contributed by atoms with Crippen molar-refractivity contribution in [2.24, 2.45) is 5.92 Å². The van der Waals surface area contributed by atoms with Crippen LogP contribution < -0.4 is 9.80 Å². The van der Waals surface area contributed by atoms with Crippen molar-refractivity contribution in [2.75, 3.05) is 9.80 Å². The minimum atomic E-state index is -0.585. The quantitative estimate of drug-likeness (QED) is 0.165. The molecule has 1 spiro atoms. The minimum Gasteiger partial charge on any atom is -0.309 e. The SMILES string of the molecule is CC1C=C(N(c2ccccc2)c2ccc3sc4ccccc4c3c2N(c2ccccc2)c2ccc3c(c2)C2(c4ccccc4-c4ccccc42)c2cccc4c5ccccc5n-3c24)C=CC1. The van der Waals surface area contributed by atoms with E-state index in [0.29, 0.717) is 5.92 Å². The highest BCUT2D eigenvalue weighted by atomic mass is 32.1. The van der Waals surface area contributed by atoms with Crippen LogP contribution in [0.4, 0.5) is 28.4 Å². The molecule has 14 rings (SSSR count). The molecule has 3 heterocycles. The van der Waals surface area contributed by atoms with Crippen LogP contribution in [0.2, 0.25) is 0 Å². The number of anilines is 5. The van der Waals surface area contributed by atoms with Crippen LogP contribution in [0.5, 0.6) is 0 Å². The average molecular weight is 862 g/mol. The summed E-state index contributed by atoms with van der Waals surface area (Å²) in [6, 6.07) is 77.2. The average Bonchev–Trinajstić information content (AvgIpc) is 4.02. The van der Waals surface area contributed by atoms with Gasteiger partial charge in [0.25, 0.3) is 0 Å². The van der Waals surface area contributed by atoms with E-state index < -0.39 is 5.41 Å². The smallest absolute Gasteiger partial charge is 0.0796 e. The van der Waals surface area contributed by atoms with Crippen molar-refractivity contribution in [1.82, 2.24) is 4.57 Å². The van der Waals surface area contributed by atoms with Crippen LogP contribution in [0.15, 0.2) is 230 Å². The fourth-order valence-corrected chi connectivity index (χ4v) is 12.9. The van der Waals surface area contributed by atoms with Crippen LogP contribution in [0.25, 0.3) is 58.8 Å². The van der Waals surface area contributed by atoms with Crippen LogP contribution >= 0.6 is 11.3 Å². The summed E-state index contributed by atoms with van der Waals surface area (Å²) < 4.78 is 5.09. The van der Waals surface area contributed by atoms with Gasteiger partial charge in [-0.05, 0) is 119 Å². The van der Waals surface area contributed by atoms with Gasteiger partial charge in [-0.2, -0.15) is 0 Å². The Balaban J connectivity index is 1.14. The summed E-state index contributed by atoms with van der Waals surface area (Å²) in [4.78, 5) is 5.06. The van der Waals surface area contributed by atoms with E-state index in [1.54, 1.807) is 0 Å². The Morgan fingerprint density at radius 2 is 1.15 bits per heavy atom. The van der Waals surface area contributed by atoms with Crippen molar-refractivity contribution in [3.05, 3.63) is 252 Å². The van der Waals surface area contributed by atoms with Gasteiger partial charge < -0.3 is 14.4 Å². The number of allylic oxidation sites excluding steroid dienone is 3. The highest BCUT2D eigenvalue weighted by Gasteiger charge is 2.51. The van der Waals surface area contributed by atoms with Gasteiger partial charge in [-0.1, -0.05) is 159 Å². The van der Waals surface area contributed by atoms with Gasteiger partial charge in [0, 0.05) is 53.7 Å². The number of thiophene rings is 1. The highest BCUT2D eigenvalue weighted by Crippen LogP contribution is 2.62. The summed E-state index contributed by atoms with van der Waals surface area (Å²) in [7, 11) is 0. The Morgan fingerprint density at radius 3 is 1.91 bits per heavy atom. The zero-order chi connectivity index (χ0) is 43.5. The van der Waals surface area contributed by atoms with E-state index in [1.165, 1.54) is 86.7 Å². The molecule has 66 heavy (non-hydrogen) atoms. The van der Waals surface area contributed by atoms with Crippen molar-refractivity contribution in [2.45, 2.75) is 18.8 Å². The van der Waals surface area contributed by atoms with Crippen molar-refractivity contribution < 1.29 is 0 Å². The molecule has 0 radical (unpaired) electrons. The Hall–Kier alpha value is -7.92. The molecule has 0 saturated carbocycles. The molecule has 11 aromatic rings. The Morgan fingerprint density at radius 1 is 0.515 bits per heavy atom. The maximum atomic E-state index is 2.56. The van der Waals surface area contributed by atoms with Gasteiger partial charge in [0.2, 0.25) is 0 Å². The number of aromatic nitrogens is 1. The number of nitrogens with zero attached hydrogens (tertiary/aromatic N) is 3. The number of hydrogen-bond donors (Lipinski definition) is 0. The molecule has 1 aliphatic heterocycles. The molecule has 0 amide bonds. The van der Waals surface area contributed by atoms with Crippen molar-refractivity contribution in [3.63, 3.8) is 0 Å². The molecular weight excluding hydrogens is 819 g/mol. The van der Waals surface area contributed by atoms with E-state index in [0.717, 1.165) is 34.9 Å². The van der Waals surface area contributed by atoms with Gasteiger partial charge in [-0.15, -0.1) is 11.3 Å². The molecular formula is C62H43N3S. The standard InChI is InChI=1S/C62H43N3S/c1-40-18-16-23-43(38-40)63(41-19-4-2-5-20-41)56-36-37-58-59(49-27-11-15-33-57(49)66-58)61(56)64(42-21-6-3-7-22-42)44-34-35-55-53(39-44)62(50-29-12-8-24-45(50)46-25-9-13-30-51(46)62)52-31-17-28-48-47-26-10-14-32-54(47)65(55)60(48)52/h2-17,19-40H,18H2,1H3. The molecule has 0 bridgehead atoms. The van der Waals surface area contributed by atoms with Crippen molar-refractivity contribution >= 4 is 81.8 Å². The molecule has 1 unspecified atom stereocenters. The summed E-state index contributed by atoms with van der Waals surface area (Å²) in [5, 5.41) is 5.06. The van der Waals surface area contributed by atoms with Crippen LogP contribution in [0.1, 0.15) is 35.6 Å². The lowest BCUT2D eigenvalue weighted by Gasteiger charge is -2.41. The molecule has 3 aliphatic rings. The summed E-state index contributed by atoms with van der Waals surface area (Å²) in [5.41, 5.74) is 17.7. The summed E-state index contributed by atoms with van der Waals surface area (Å²) in [6.45, 7) is 2.32. The van der Waals surface area contributed by atoms with Gasteiger partial charge in [0.1, 0.15) is 0 Å². The Labute approximate surface area is 388 Å². The second-order valence-electron chi connectivity index (χ2n) is 18.1. The zero-order valence-corrected chi connectivity index (χ0v) is 37.2. The third kappa shape index (κ3) is 5.13. The normalized spacial score (nSPS) is 15.3. The maximum absolute atomic E-state index is 2.56. The molecule has 1 atom stereocenters. The third-order valence-electron chi connectivity index (χ3n) is 14.4. The first-order chi connectivity index (χ1) is 32.7. The molecule has 2 aliphatic carbocycles. The molecule has 3 nitrogen and oxygen atoms in total. The molecule has 312 valence electrons. The van der Waals surface area contributed by atoms with Crippen LogP contribution in [-0.2, 0) is 5.41 Å². The summed E-state index contributed by atoms with van der Waals surface area (Å²) in [6.07, 6.45) is 8.12. The van der Waals surface area contributed by atoms with E-state index >= 15 is 0 Å². The zero-order valence-electron chi connectivity index (χ0n) is 36.4. The lowest BCUT2D eigenvalue weighted by atomic mass is 9.65. The number of para-hydroxylation sites is 4. The minimum absolute atomic E-state index is 0.406. The Bertz CT molecular complexity index is 3790. The molecule has 2 aromatic heterocycles. The molecule has 4 heteroatoms. The van der Waals surface area contributed by atoms with Gasteiger partial charge in [0.05, 0.1) is 33.5 Å². The van der Waals surface area contributed by atoms with E-state index in [2.05, 4.69) is 246 Å². The maximum Gasteiger partial charge on any atom is 0.0796 e. The second-order valence-corrected chi connectivity index (χ2v) is 19.1.